The van der Waals surface area contributed by atoms with Crippen molar-refractivity contribution in [3.63, 3.8) is 0 Å². The Morgan fingerprint density at radius 2 is 1.79 bits per heavy atom. The van der Waals surface area contributed by atoms with Crippen LogP contribution in [0.1, 0.15) is 25.3 Å². The molecule has 3 aromatic carbocycles. The van der Waals surface area contributed by atoms with Crippen LogP contribution < -0.4 is 19.5 Å². The summed E-state index contributed by atoms with van der Waals surface area (Å²) in [7, 11) is -1.40. The van der Waals surface area contributed by atoms with Crippen molar-refractivity contribution in [1.29, 1.82) is 0 Å². The minimum atomic E-state index is -1.40. The fraction of sp³-hybridized carbons (Fsp3) is 0.269. The standard InChI is InChI=1S/C26H26N2O5S/c1-17(15-29)28-34(31)22-8-5-18(6-9-22)19-3-2-4-21(13-19)27-25(30)26(11-12-26)20-7-10-23-24(14-20)33-16-32-23/h2-10,13-14,17,28-29H,11-12,15-16H2,1H3,(H,27,30)/t17-,34?/m0/s1. The lowest BCUT2D eigenvalue weighted by molar-refractivity contribution is -0.118. The van der Waals surface area contributed by atoms with Crippen LogP contribution in [0.15, 0.2) is 71.6 Å². The summed E-state index contributed by atoms with van der Waals surface area (Å²) in [5.41, 5.74) is 3.02. The van der Waals surface area contributed by atoms with Crippen LogP contribution in [0, 0.1) is 0 Å². The van der Waals surface area contributed by atoms with Crippen LogP contribution in [0.25, 0.3) is 11.1 Å². The number of benzene rings is 3. The van der Waals surface area contributed by atoms with Crippen molar-refractivity contribution in [2.24, 2.45) is 0 Å². The van der Waals surface area contributed by atoms with E-state index in [1.807, 2.05) is 54.6 Å². The van der Waals surface area contributed by atoms with Gasteiger partial charge in [-0.05, 0) is 72.9 Å². The third-order valence-corrected chi connectivity index (χ3v) is 7.53. The number of hydrogen-bond donors (Lipinski definition) is 3. The molecule has 2 atom stereocenters. The van der Waals surface area contributed by atoms with Gasteiger partial charge in [-0.3, -0.25) is 4.79 Å². The van der Waals surface area contributed by atoms with Gasteiger partial charge in [-0.25, -0.2) is 8.93 Å². The van der Waals surface area contributed by atoms with Gasteiger partial charge in [0.15, 0.2) is 11.5 Å². The lowest BCUT2D eigenvalue weighted by Crippen LogP contribution is -2.30. The Balaban J connectivity index is 1.30. The van der Waals surface area contributed by atoms with Gasteiger partial charge in [0.2, 0.25) is 12.7 Å². The van der Waals surface area contributed by atoms with E-state index in [4.69, 9.17) is 14.6 Å². The van der Waals surface area contributed by atoms with Gasteiger partial charge in [-0.1, -0.05) is 30.3 Å². The first kappa shape index (κ1) is 22.6. The molecule has 5 rings (SSSR count). The predicted octanol–water partition coefficient (Wildman–Crippen LogP) is 3.75. The molecule has 0 saturated heterocycles. The van der Waals surface area contributed by atoms with E-state index >= 15 is 0 Å². The molecule has 0 spiro atoms. The first-order chi connectivity index (χ1) is 16.5. The molecule has 1 saturated carbocycles. The third-order valence-electron chi connectivity index (χ3n) is 6.21. The molecule has 3 N–H and O–H groups in total. The molecular formula is C26H26N2O5S. The summed E-state index contributed by atoms with van der Waals surface area (Å²) in [5, 5.41) is 12.2. The van der Waals surface area contributed by atoms with Gasteiger partial charge in [0.25, 0.3) is 0 Å². The van der Waals surface area contributed by atoms with E-state index < -0.39 is 16.4 Å². The van der Waals surface area contributed by atoms with Crippen molar-refractivity contribution in [2.75, 3.05) is 18.7 Å². The van der Waals surface area contributed by atoms with Gasteiger partial charge in [-0.15, -0.1) is 0 Å². The van der Waals surface area contributed by atoms with Crippen LogP contribution in [0.4, 0.5) is 5.69 Å². The molecule has 3 aromatic rings. The summed E-state index contributed by atoms with van der Waals surface area (Å²) in [4.78, 5) is 13.9. The number of carbonyl (C=O) groups excluding carboxylic acids is 1. The number of ether oxygens (including phenoxy) is 2. The zero-order valence-corrected chi connectivity index (χ0v) is 19.6. The highest BCUT2D eigenvalue weighted by atomic mass is 32.2. The average molecular weight is 479 g/mol. The molecule has 1 aliphatic carbocycles. The Morgan fingerprint density at radius 1 is 1.03 bits per heavy atom. The molecule has 0 radical (unpaired) electrons. The maximum atomic E-state index is 13.2. The number of carbonyl (C=O) groups is 1. The van der Waals surface area contributed by atoms with E-state index in [2.05, 4.69) is 10.0 Å². The zero-order valence-electron chi connectivity index (χ0n) is 18.7. The largest absolute Gasteiger partial charge is 0.454 e. The summed E-state index contributed by atoms with van der Waals surface area (Å²) in [6.45, 7) is 1.89. The Labute approximate surface area is 200 Å². The first-order valence-electron chi connectivity index (χ1n) is 11.2. The number of hydrogen-bond acceptors (Lipinski definition) is 5. The fourth-order valence-electron chi connectivity index (χ4n) is 4.05. The SMILES string of the molecule is C[C@@H](CO)NS(=O)c1ccc(-c2cccc(NC(=O)C3(c4ccc5c(c4)OCO5)CC3)c2)cc1. The summed E-state index contributed by atoms with van der Waals surface area (Å²) in [5.74, 6) is 1.36. The van der Waals surface area contributed by atoms with Crippen molar-refractivity contribution in [1.82, 2.24) is 4.72 Å². The highest BCUT2D eigenvalue weighted by Gasteiger charge is 2.51. The summed E-state index contributed by atoms with van der Waals surface area (Å²) in [6.07, 6.45) is 1.58. The molecule has 2 aliphatic rings. The Kier molecular flexibility index (Phi) is 6.12. The molecule has 176 valence electrons. The zero-order chi connectivity index (χ0) is 23.7. The van der Waals surface area contributed by atoms with E-state index in [1.165, 1.54) is 0 Å². The minimum Gasteiger partial charge on any atom is -0.454 e. The summed E-state index contributed by atoms with van der Waals surface area (Å²) < 4.78 is 26.1. The first-order valence-corrected chi connectivity index (χ1v) is 12.3. The Hall–Kier alpha value is -3.20. The van der Waals surface area contributed by atoms with Gasteiger partial charge in [-0.2, -0.15) is 0 Å². The molecule has 0 bridgehead atoms. The van der Waals surface area contributed by atoms with Crippen LogP contribution >= 0.6 is 0 Å². The monoisotopic (exact) mass is 478 g/mol. The van der Waals surface area contributed by atoms with Gasteiger partial charge in [0.1, 0.15) is 11.0 Å². The highest BCUT2D eigenvalue weighted by molar-refractivity contribution is 7.83. The topological polar surface area (TPSA) is 96.9 Å². The quantitative estimate of drug-likeness (QED) is 0.458. The molecule has 8 heteroatoms. The number of aliphatic hydroxyl groups is 1. The van der Waals surface area contributed by atoms with Gasteiger partial charge in [0, 0.05) is 11.7 Å². The molecular weight excluding hydrogens is 452 g/mol. The van der Waals surface area contributed by atoms with Crippen molar-refractivity contribution in [2.45, 2.75) is 36.1 Å². The predicted molar refractivity (Wildman–Crippen MR) is 130 cm³/mol. The van der Waals surface area contributed by atoms with Crippen LogP contribution in [0.5, 0.6) is 11.5 Å². The average Bonchev–Trinajstić information content (AvgIpc) is 3.55. The molecule has 1 heterocycles. The number of aliphatic hydroxyl groups excluding tert-OH is 1. The molecule has 0 aromatic heterocycles. The number of amides is 1. The van der Waals surface area contributed by atoms with Gasteiger partial charge in [0.05, 0.1) is 16.9 Å². The van der Waals surface area contributed by atoms with E-state index in [0.29, 0.717) is 16.4 Å². The van der Waals surface area contributed by atoms with E-state index in [-0.39, 0.29) is 25.3 Å². The Morgan fingerprint density at radius 3 is 2.53 bits per heavy atom. The fourth-order valence-corrected chi connectivity index (χ4v) is 5.01. The van der Waals surface area contributed by atoms with Crippen molar-refractivity contribution >= 4 is 22.6 Å². The minimum absolute atomic E-state index is 0.0293. The molecule has 1 unspecified atom stereocenters. The van der Waals surface area contributed by atoms with E-state index in [1.54, 1.807) is 19.1 Å². The van der Waals surface area contributed by atoms with Crippen LogP contribution in [0.3, 0.4) is 0 Å². The Bertz CT molecular complexity index is 1240. The molecule has 7 nitrogen and oxygen atoms in total. The number of nitrogens with one attached hydrogen (secondary N) is 2. The van der Waals surface area contributed by atoms with Crippen molar-refractivity contribution in [3.8, 4) is 22.6 Å². The van der Waals surface area contributed by atoms with E-state index in [9.17, 15) is 9.00 Å². The van der Waals surface area contributed by atoms with Crippen LogP contribution in [-0.4, -0.2) is 34.7 Å². The second-order valence-electron chi connectivity index (χ2n) is 8.68. The normalized spacial score (nSPS) is 17.1. The highest BCUT2D eigenvalue weighted by Crippen LogP contribution is 2.51. The number of fused-ring (bicyclic) bond motifs is 1. The summed E-state index contributed by atoms with van der Waals surface area (Å²) >= 11 is 0. The third kappa shape index (κ3) is 4.44. The van der Waals surface area contributed by atoms with Crippen molar-refractivity contribution in [3.05, 3.63) is 72.3 Å². The van der Waals surface area contributed by atoms with E-state index in [0.717, 1.165) is 35.2 Å². The number of anilines is 1. The maximum Gasteiger partial charge on any atom is 0.235 e. The van der Waals surface area contributed by atoms with Gasteiger partial charge < -0.3 is 19.9 Å². The van der Waals surface area contributed by atoms with Crippen LogP contribution in [0.2, 0.25) is 0 Å². The maximum absolute atomic E-state index is 13.2. The second-order valence-corrected chi connectivity index (χ2v) is 9.92. The smallest absolute Gasteiger partial charge is 0.235 e. The van der Waals surface area contributed by atoms with Crippen LogP contribution in [-0.2, 0) is 21.2 Å². The number of rotatable bonds is 8. The molecule has 34 heavy (non-hydrogen) atoms. The molecule has 1 amide bonds. The second kappa shape index (κ2) is 9.21. The molecule has 1 fully saturated rings. The summed E-state index contributed by atoms with van der Waals surface area (Å²) in [6, 6.07) is 20.5. The molecule has 1 aliphatic heterocycles. The lowest BCUT2D eigenvalue weighted by Gasteiger charge is -2.17. The van der Waals surface area contributed by atoms with Gasteiger partial charge >= 0.3 is 0 Å². The lowest BCUT2D eigenvalue weighted by atomic mass is 9.94. The van der Waals surface area contributed by atoms with Crippen molar-refractivity contribution < 1.29 is 23.6 Å².